The Morgan fingerprint density at radius 2 is 2.08 bits per heavy atom. The lowest BCUT2D eigenvalue weighted by molar-refractivity contribution is -0.134. The molecule has 7 heteroatoms. The molecule has 0 aromatic heterocycles. The maximum absolute atomic E-state index is 12.3. The van der Waals surface area contributed by atoms with Crippen LogP contribution in [0.1, 0.15) is 12.0 Å². The van der Waals surface area contributed by atoms with Crippen molar-refractivity contribution in [1.82, 2.24) is 10.2 Å². The van der Waals surface area contributed by atoms with Gasteiger partial charge in [-0.25, -0.2) is 0 Å². The molecule has 2 atom stereocenters. The molecule has 1 aromatic rings. The second-order valence-electron chi connectivity index (χ2n) is 5.60. The number of ketones is 1. The Labute approximate surface area is 140 Å². The first-order valence-electron chi connectivity index (χ1n) is 7.55. The lowest BCUT2D eigenvalue weighted by atomic mass is 9.92. The molecule has 1 heterocycles. The first-order valence-corrected chi connectivity index (χ1v) is 7.55. The van der Waals surface area contributed by atoms with Gasteiger partial charge in [-0.3, -0.25) is 14.4 Å². The van der Waals surface area contributed by atoms with E-state index in [9.17, 15) is 14.4 Å². The SMILES string of the molecule is CNC(=O)C(C#N)C(=O)C1CC(=O)N(Cc2ccc(OC)cc2)C1. The first kappa shape index (κ1) is 17.5. The Morgan fingerprint density at radius 3 is 2.62 bits per heavy atom. The van der Waals surface area contributed by atoms with Gasteiger partial charge in [0.25, 0.3) is 0 Å². The van der Waals surface area contributed by atoms with E-state index in [-0.39, 0.29) is 18.9 Å². The number of carbonyl (C=O) groups excluding carboxylic acids is 3. The molecule has 1 aliphatic heterocycles. The van der Waals surface area contributed by atoms with Crippen molar-refractivity contribution in [2.24, 2.45) is 11.8 Å². The van der Waals surface area contributed by atoms with Crippen LogP contribution in [-0.2, 0) is 20.9 Å². The van der Waals surface area contributed by atoms with Crippen LogP contribution in [0.25, 0.3) is 0 Å². The molecule has 1 N–H and O–H groups in total. The van der Waals surface area contributed by atoms with Gasteiger partial charge in [-0.15, -0.1) is 0 Å². The summed E-state index contributed by atoms with van der Waals surface area (Å²) in [5.74, 6) is -2.56. The molecule has 0 bridgehead atoms. The van der Waals surface area contributed by atoms with Crippen molar-refractivity contribution in [3.05, 3.63) is 29.8 Å². The number of rotatable bonds is 6. The number of nitrogens with one attached hydrogen (secondary N) is 1. The number of ether oxygens (including phenoxy) is 1. The van der Waals surface area contributed by atoms with Crippen molar-refractivity contribution in [1.29, 1.82) is 5.26 Å². The summed E-state index contributed by atoms with van der Waals surface area (Å²) in [5.41, 5.74) is 0.917. The van der Waals surface area contributed by atoms with E-state index in [1.165, 1.54) is 7.05 Å². The highest BCUT2D eigenvalue weighted by Gasteiger charge is 2.39. The van der Waals surface area contributed by atoms with Gasteiger partial charge in [0.15, 0.2) is 11.7 Å². The number of likely N-dealkylation sites (tertiary alicyclic amines) is 1. The number of nitriles is 1. The predicted octanol–water partition coefficient (Wildman–Crippen LogP) is 0.499. The van der Waals surface area contributed by atoms with Gasteiger partial charge in [0.1, 0.15) is 5.75 Å². The maximum atomic E-state index is 12.3. The van der Waals surface area contributed by atoms with Crippen molar-refractivity contribution in [3.63, 3.8) is 0 Å². The third kappa shape index (κ3) is 3.71. The van der Waals surface area contributed by atoms with Crippen molar-refractivity contribution in [2.75, 3.05) is 20.7 Å². The lowest BCUT2D eigenvalue weighted by Gasteiger charge is -2.17. The number of carbonyl (C=O) groups is 3. The highest BCUT2D eigenvalue weighted by molar-refractivity contribution is 6.06. The summed E-state index contributed by atoms with van der Waals surface area (Å²) in [4.78, 5) is 37.6. The molecule has 0 saturated carbocycles. The topological polar surface area (TPSA) is 99.5 Å². The zero-order valence-corrected chi connectivity index (χ0v) is 13.6. The fourth-order valence-electron chi connectivity index (χ4n) is 2.70. The Balaban J connectivity index is 2.03. The molecule has 1 aromatic carbocycles. The van der Waals surface area contributed by atoms with E-state index in [1.807, 2.05) is 12.1 Å². The molecule has 7 nitrogen and oxygen atoms in total. The molecule has 0 radical (unpaired) electrons. The number of methoxy groups -OCH3 is 1. The molecule has 2 rings (SSSR count). The smallest absolute Gasteiger partial charge is 0.244 e. The van der Waals surface area contributed by atoms with E-state index in [4.69, 9.17) is 10.00 Å². The highest BCUT2D eigenvalue weighted by Crippen LogP contribution is 2.24. The Hall–Kier alpha value is -2.88. The van der Waals surface area contributed by atoms with E-state index in [0.717, 1.165) is 11.3 Å². The maximum Gasteiger partial charge on any atom is 0.244 e. The Kier molecular flexibility index (Phi) is 5.53. The van der Waals surface area contributed by atoms with Crippen LogP contribution in [0.5, 0.6) is 5.75 Å². The molecule has 0 aliphatic carbocycles. The number of hydrogen-bond acceptors (Lipinski definition) is 5. The quantitative estimate of drug-likeness (QED) is 0.766. The predicted molar refractivity (Wildman–Crippen MR) is 84.7 cm³/mol. The van der Waals surface area contributed by atoms with E-state index < -0.39 is 23.5 Å². The largest absolute Gasteiger partial charge is 0.497 e. The second kappa shape index (κ2) is 7.59. The summed E-state index contributed by atoms with van der Waals surface area (Å²) >= 11 is 0. The van der Waals surface area contributed by atoms with Gasteiger partial charge >= 0.3 is 0 Å². The number of hydrogen-bond donors (Lipinski definition) is 1. The van der Waals surface area contributed by atoms with E-state index >= 15 is 0 Å². The molecule has 24 heavy (non-hydrogen) atoms. The fraction of sp³-hybridized carbons (Fsp3) is 0.412. The average molecular weight is 329 g/mol. The van der Waals surface area contributed by atoms with E-state index in [1.54, 1.807) is 30.2 Å². The average Bonchev–Trinajstić information content (AvgIpc) is 2.96. The van der Waals surface area contributed by atoms with E-state index in [2.05, 4.69) is 5.32 Å². The van der Waals surface area contributed by atoms with Crippen molar-refractivity contribution in [2.45, 2.75) is 13.0 Å². The second-order valence-corrected chi connectivity index (χ2v) is 5.60. The minimum atomic E-state index is -1.37. The summed E-state index contributed by atoms with van der Waals surface area (Å²) < 4.78 is 5.09. The van der Waals surface area contributed by atoms with Crippen molar-refractivity contribution >= 4 is 17.6 Å². The van der Waals surface area contributed by atoms with Crippen molar-refractivity contribution < 1.29 is 19.1 Å². The molecule has 2 unspecified atom stereocenters. The Bertz CT molecular complexity index is 678. The van der Waals surface area contributed by atoms with Crippen LogP contribution in [0.15, 0.2) is 24.3 Å². The van der Waals surface area contributed by atoms with Gasteiger partial charge in [0, 0.05) is 32.5 Å². The molecule has 126 valence electrons. The summed E-state index contributed by atoms with van der Waals surface area (Å²) in [5, 5.41) is 11.3. The number of benzene rings is 1. The highest BCUT2D eigenvalue weighted by atomic mass is 16.5. The molecule has 1 saturated heterocycles. The van der Waals surface area contributed by atoms with Crippen LogP contribution in [0.3, 0.4) is 0 Å². The zero-order chi connectivity index (χ0) is 17.7. The van der Waals surface area contributed by atoms with Gasteiger partial charge in [-0.2, -0.15) is 5.26 Å². The Morgan fingerprint density at radius 1 is 1.42 bits per heavy atom. The standard InChI is InChI=1S/C17H19N3O4/c1-19-17(23)14(8-18)16(22)12-7-15(21)20(10-12)9-11-3-5-13(24-2)6-4-11/h3-6,12,14H,7,9-10H2,1-2H3,(H,19,23). The van der Waals surface area contributed by atoms with Gasteiger partial charge < -0.3 is 15.0 Å². The summed E-state index contributed by atoms with van der Waals surface area (Å²) in [6.45, 7) is 0.600. The van der Waals surface area contributed by atoms with Gasteiger partial charge in [0.05, 0.1) is 13.2 Å². The normalized spacial score (nSPS) is 18.0. The fourth-order valence-corrected chi connectivity index (χ4v) is 2.70. The molecule has 2 amide bonds. The molecular formula is C17H19N3O4. The first-order chi connectivity index (χ1) is 11.5. The van der Waals surface area contributed by atoms with Crippen LogP contribution in [0, 0.1) is 23.2 Å². The van der Waals surface area contributed by atoms with Crippen LogP contribution in [0.2, 0.25) is 0 Å². The monoisotopic (exact) mass is 329 g/mol. The van der Waals surface area contributed by atoms with E-state index in [0.29, 0.717) is 6.54 Å². The zero-order valence-electron chi connectivity index (χ0n) is 13.6. The van der Waals surface area contributed by atoms with Crippen molar-refractivity contribution in [3.8, 4) is 11.8 Å². The summed E-state index contributed by atoms with van der Waals surface area (Å²) in [6, 6.07) is 9.02. The molecule has 1 aliphatic rings. The number of amides is 2. The third-order valence-electron chi connectivity index (χ3n) is 4.07. The van der Waals surface area contributed by atoms with Gasteiger partial charge in [-0.05, 0) is 17.7 Å². The third-order valence-corrected chi connectivity index (χ3v) is 4.07. The molecule has 0 spiro atoms. The molecule has 1 fully saturated rings. The number of nitrogens with zero attached hydrogens (tertiary/aromatic N) is 2. The summed E-state index contributed by atoms with van der Waals surface area (Å²) in [6.07, 6.45) is 0.0319. The van der Waals surface area contributed by atoms with Gasteiger partial charge in [-0.1, -0.05) is 12.1 Å². The lowest BCUT2D eigenvalue weighted by Crippen LogP contribution is -2.36. The van der Waals surface area contributed by atoms with Crippen LogP contribution >= 0.6 is 0 Å². The van der Waals surface area contributed by atoms with Crippen LogP contribution in [-0.4, -0.2) is 43.2 Å². The number of Topliss-reactive ketones (excluding diaryl/α,β-unsaturated/α-hetero) is 1. The van der Waals surface area contributed by atoms with Gasteiger partial charge in [0.2, 0.25) is 11.8 Å². The minimum absolute atomic E-state index is 0.0319. The minimum Gasteiger partial charge on any atom is -0.497 e. The van der Waals surface area contributed by atoms with Crippen LogP contribution < -0.4 is 10.1 Å². The summed E-state index contributed by atoms with van der Waals surface area (Å²) in [7, 11) is 2.95. The van der Waals surface area contributed by atoms with Crippen LogP contribution in [0.4, 0.5) is 0 Å². The molecular weight excluding hydrogens is 310 g/mol.